The second-order valence-electron chi connectivity index (χ2n) is 5.88. The molecule has 1 atom stereocenters. The van der Waals surface area contributed by atoms with E-state index in [-0.39, 0.29) is 11.3 Å². The lowest BCUT2D eigenvalue weighted by atomic mass is 9.88. The van der Waals surface area contributed by atoms with Gasteiger partial charge < -0.3 is 16.0 Å². The van der Waals surface area contributed by atoms with Gasteiger partial charge in [-0.1, -0.05) is 13.8 Å². The fourth-order valence-corrected chi connectivity index (χ4v) is 2.37. The summed E-state index contributed by atoms with van der Waals surface area (Å²) >= 11 is 0. The van der Waals surface area contributed by atoms with E-state index in [1.807, 2.05) is 13.8 Å². The minimum absolute atomic E-state index is 0.134. The van der Waals surface area contributed by atoms with Crippen LogP contribution in [0.3, 0.4) is 0 Å². The summed E-state index contributed by atoms with van der Waals surface area (Å²) in [7, 11) is 2.16. The highest BCUT2D eigenvalue weighted by Crippen LogP contribution is 2.20. The van der Waals surface area contributed by atoms with Crippen LogP contribution in [0.5, 0.6) is 0 Å². The van der Waals surface area contributed by atoms with Gasteiger partial charge in [0.2, 0.25) is 5.91 Å². The van der Waals surface area contributed by atoms with E-state index in [9.17, 15) is 4.79 Å². The molecule has 0 aromatic carbocycles. The van der Waals surface area contributed by atoms with Gasteiger partial charge in [0.1, 0.15) is 0 Å². The van der Waals surface area contributed by atoms with Crippen LogP contribution in [0.25, 0.3) is 0 Å². The number of nitrogens with one attached hydrogen (secondary N) is 1. The molecule has 3 N–H and O–H groups in total. The van der Waals surface area contributed by atoms with Crippen molar-refractivity contribution in [3.8, 4) is 0 Å². The Labute approximate surface area is 105 Å². The normalized spacial score (nSPS) is 21.8. The average molecular weight is 241 g/mol. The average Bonchev–Trinajstić information content (AvgIpc) is 2.64. The first-order chi connectivity index (χ1) is 7.95. The molecule has 0 aromatic heterocycles. The third-order valence-corrected chi connectivity index (χ3v) is 3.71. The molecule has 0 aliphatic carbocycles. The number of rotatable bonds is 6. The summed E-state index contributed by atoms with van der Waals surface area (Å²) in [5.74, 6) is 0.882. The Morgan fingerprint density at radius 1 is 1.53 bits per heavy atom. The second kappa shape index (κ2) is 6.36. The molecule has 100 valence electrons. The third kappa shape index (κ3) is 4.64. The zero-order valence-electron chi connectivity index (χ0n) is 11.5. The number of hydrogen-bond acceptors (Lipinski definition) is 3. The van der Waals surface area contributed by atoms with E-state index < -0.39 is 0 Å². The van der Waals surface area contributed by atoms with Crippen molar-refractivity contribution in [3.63, 3.8) is 0 Å². The van der Waals surface area contributed by atoms with Gasteiger partial charge in [-0.3, -0.25) is 4.79 Å². The minimum Gasteiger partial charge on any atom is -0.356 e. The first-order valence-corrected chi connectivity index (χ1v) is 6.62. The monoisotopic (exact) mass is 241 g/mol. The van der Waals surface area contributed by atoms with Gasteiger partial charge in [0.15, 0.2) is 0 Å². The molecule has 4 heteroatoms. The molecule has 17 heavy (non-hydrogen) atoms. The van der Waals surface area contributed by atoms with Crippen LogP contribution in [0.2, 0.25) is 0 Å². The molecule has 0 aromatic rings. The minimum atomic E-state index is -0.332. The fraction of sp³-hybridized carbons (Fsp3) is 0.923. The van der Waals surface area contributed by atoms with Crippen LogP contribution in [0.1, 0.15) is 33.1 Å². The van der Waals surface area contributed by atoms with Gasteiger partial charge in [-0.2, -0.15) is 0 Å². The molecule has 1 heterocycles. The Morgan fingerprint density at radius 3 is 2.76 bits per heavy atom. The van der Waals surface area contributed by atoms with E-state index in [1.54, 1.807) is 0 Å². The first kappa shape index (κ1) is 14.5. The van der Waals surface area contributed by atoms with Crippen LogP contribution in [0.4, 0.5) is 0 Å². The van der Waals surface area contributed by atoms with Crippen molar-refractivity contribution in [3.05, 3.63) is 0 Å². The maximum atomic E-state index is 11.9. The molecule has 4 nitrogen and oxygen atoms in total. The molecule has 1 amide bonds. The van der Waals surface area contributed by atoms with Gasteiger partial charge >= 0.3 is 0 Å². The Hall–Kier alpha value is -0.610. The summed E-state index contributed by atoms with van der Waals surface area (Å²) in [5, 5.41) is 3.04. The van der Waals surface area contributed by atoms with Crippen LogP contribution in [-0.4, -0.2) is 44.0 Å². The third-order valence-electron chi connectivity index (χ3n) is 3.71. The number of carbonyl (C=O) groups is 1. The summed E-state index contributed by atoms with van der Waals surface area (Å²) in [6.07, 6.45) is 3.10. The Morgan fingerprint density at radius 2 is 2.24 bits per heavy atom. The number of nitrogens with two attached hydrogens (primary N) is 1. The van der Waals surface area contributed by atoms with Crippen molar-refractivity contribution >= 4 is 5.91 Å². The van der Waals surface area contributed by atoms with E-state index >= 15 is 0 Å². The second-order valence-corrected chi connectivity index (χ2v) is 5.88. The summed E-state index contributed by atoms with van der Waals surface area (Å²) in [6.45, 7) is 7.63. The molecule has 1 aliphatic heterocycles. The van der Waals surface area contributed by atoms with Crippen LogP contribution in [0, 0.1) is 11.3 Å². The SMILES string of the molecule is CN1CCC(CCNC(=O)C(C)(C)CCN)C1. The van der Waals surface area contributed by atoms with Gasteiger partial charge in [0.05, 0.1) is 0 Å². The van der Waals surface area contributed by atoms with E-state index in [0.29, 0.717) is 6.54 Å². The zero-order valence-corrected chi connectivity index (χ0v) is 11.5. The molecule has 1 saturated heterocycles. The van der Waals surface area contributed by atoms with Crippen molar-refractivity contribution in [1.82, 2.24) is 10.2 Å². The lowest BCUT2D eigenvalue weighted by Gasteiger charge is -2.23. The quantitative estimate of drug-likeness (QED) is 0.724. The zero-order chi connectivity index (χ0) is 12.9. The number of carbonyl (C=O) groups excluding carboxylic acids is 1. The molecule has 0 bridgehead atoms. The van der Waals surface area contributed by atoms with E-state index in [4.69, 9.17) is 5.73 Å². The van der Waals surface area contributed by atoms with Gasteiger partial charge in [0, 0.05) is 18.5 Å². The molecule has 1 rings (SSSR count). The fourth-order valence-electron chi connectivity index (χ4n) is 2.37. The van der Waals surface area contributed by atoms with E-state index in [1.165, 1.54) is 19.5 Å². The van der Waals surface area contributed by atoms with E-state index in [2.05, 4.69) is 17.3 Å². The lowest BCUT2D eigenvalue weighted by molar-refractivity contribution is -0.129. The van der Waals surface area contributed by atoms with Gasteiger partial charge in [-0.25, -0.2) is 0 Å². The largest absolute Gasteiger partial charge is 0.356 e. The predicted molar refractivity (Wildman–Crippen MR) is 70.7 cm³/mol. The van der Waals surface area contributed by atoms with Crippen molar-refractivity contribution in [2.45, 2.75) is 33.1 Å². The maximum Gasteiger partial charge on any atom is 0.225 e. The molecular formula is C13H27N3O. The highest BCUT2D eigenvalue weighted by molar-refractivity contribution is 5.81. The number of hydrogen-bond donors (Lipinski definition) is 2. The van der Waals surface area contributed by atoms with Crippen molar-refractivity contribution < 1.29 is 4.79 Å². The number of amides is 1. The van der Waals surface area contributed by atoms with Crippen LogP contribution in [0.15, 0.2) is 0 Å². The molecule has 0 radical (unpaired) electrons. The molecule has 0 spiro atoms. The summed E-state index contributed by atoms with van der Waals surface area (Å²) in [6, 6.07) is 0. The van der Waals surface area contributed by atoms with Crippen molar-refractivity contribution in [2.24, 2.45) is 17.1 Å². The Balaban J connectivity index is 2.20. The standard InChI is InChI=1S/C13H27N3O/c1-13(2,6-7-14)12(17)15-8-4-11-5-9-16(3)10-11/h11H,4-10,14H2,1-3H3,(H,15,17). The Bertz CT molecular complexity index is 253. The van der Waals surface area contributed by atoms with Crippen molar-refractivity contribution in [2.75, 3.05) is 33.2 Å². The lowest BCUT2D eigenvalue weighted by Crippen LogP contribution is -2.39. The van der Waals surface area contributed by atoms with Crippen LogP contribution in [-0.2, 0) is 4.79 Å². The topological polar surface area (TPSA) is 58.4 Å². The molecule has 0 saturated carbocycles. The van der Waals surface area contributed by atoms with Crippen LogP contribution >= 0.6 is 0 Å². The summed E-state index contributed by atoms with van der Waals surface area (Å²) in [4.78, 5) is 14.3. The van der Waals surface area contributed by atoms with Crippen molar-refractivity contribution in [1.29, 1.82) is 0 Å². The highest BCUT2D eigenvalue weighted by Gasteiger charge is 2.26. The highest BCUT2D eigenvalue weighted by atomic mass is 16.2. The smallest absolute Gasteiger partial charge is 0.225 e. The van der Waals surface area contributed by atoms with Crippen LogP contribution < -0.4 is 11.1 Å². The van der Waals surface area contributed by atoms with Gasteiger partial charge in [-0.05, 0) is 45.3 Å². The molecular weight excluding hydrogens is 214 g/mol. The number of likely N-dealkylation sites (tertiary alicyclic amines) is 1. The first-order valence-electron chi connectivity index (χ1n) is 6.62. The Kier molecular flexibility index (Phi) is 5.40. The summed E-state index contributed by atoms with van der Waals surface area (Å²) < 4.78 is 0. The predicted octanol–water partition coefficient (Wildman–Crippen LogP) is 0.819. The molecule has 1 unspecified atom stereocenters. The summed E-state index contributed by atoms with van der Waals surface area (Å²) in [5.41, 5.74) is 5.18. The van der Waals surface area contributed by atoms with Gasteiger partial charge in [0.25, 0.3) is 0 Å². The molecule has 1 aliphatic rings. The number of nitrogens with zero attached hydrogens (tertiary/aromatic N) is 1. The van der Waals surface area contributed by atoms with Gasteiger partial charge in [-0.15, -0.1) is 0 Å². The molecule has 1 fully saturated rings. The maximum absolute atomic E-state index is 11.9. The van der Waals surface area contributed by atoms with E-state index in [0.717, 1.165) is 25.3 Å².